The summed E-state index contributed by atoms with van der Waals surface area (Å²) in [6.45, 7) is 6.29. The molecule has 0 saturated heterocycles. The Morgan fingerprint density at radius 3 is 2.76 bits per heavy atom. The molecule has 1 aromatic carbocycles. The predicted molar refractivity (Wildman–Crippen MR) is 87.6 cm³/mol. The quantitative estimate of drug-likeness (QED) is 0.754. The van der Waals surface area contributed by atoms with E-state index in [1.165, 1.54) is 4.88 Å². The molecule has 1 unspecified atom stereocenters. The number of hydrogen-bond acceptors (Lipinski definition) is 4. The lowest BCUT2D eigenvalue weighted by Crippen LogP contribution is -2.06. The van der Waals surface area contributed by atoms with Gasteiger partial charge < -0.3 is 5.32 Å². The normalized spacial score (nSPS) is 12.3. The van der Waals surface area contributed by atoms with Crippen LogP contribution in [0.1, 0.15) is 28.5 Å². The van der Waals surface area contributed by atoms with Crippen LogP contribution in [-0.2, 0) is 0 Å². The van der Waals surface area contributed by atoms with Crippen LogP contribution >= 0.6 is 11.3 Å². The first-order valence-electron chi connectivity index (χ1n) is 6.94. The van der Waals surface area contributed by atoms with Gasteiger partial charge in [0.1, 0.15) is 0 Å². The third kappa shape index (κ3) is 2.97. The molecule has 3 rings (SSSR count). The molecule has 0 aliphatic rings. The zero-order chi connectivity index (χ0) is 14.8. The number of nitrogens with zero attached hydrogens (tertiary/aromatic N) is 2. The van der Waals surface area contributed by atoms with Crippen LogP contribution in [0.5, 0.6) is 0 Å². The van der Waals surface area contributed by atoms with Crippen LogP contribution in [0.25, 0.3) is 11.3 Å². The van der Waals surface area contributed by atoms with E-state index in [1.54, 1.807) is 17.5 Å². The minimum atomic E-state index is 0.244. The Balaban J connectivity index is 1.82. The van der Waals surface area contributed by atoms with Gasteiger partial charge in [0.25, 0.3) is 0 Å². The monoisotopic (exact) mass is 298 g/mol. The second-order valence-corrected chi connectivity index (χ2v) is 6.33. The summed E-state index contributed by atoms with van der Waals surface area (Å²) in [5.74, 6) is 0. The summed E-state index contributed by atoms with van der Waals surface area (Å²) in [6, 6.07) is 10.6. The van der Waals surface area contributed by atoms with Crippen molar-refractivity contribution in [2.24, 2.45) is 0 Å². The molecule has 21 heavy (non-hydrogen) atoms. The highest BCUT2D eigenvalue weighted by molar-refractivity contribution is 7.11. The van der Waals surface area contributed by atoms with Crippen LogP contribution in [0.2, 0.25) is 0 Å². The van der Waals surface area contributed by atoms with Crippen LogP contribution < -0.4 is 5.32 Å². The van der Waals surface area contributed by atoms with Crippen molar-refractivity contribution in [3.63, 3.8) is 0 Å². The fourth-order valence-electron chi connectivity index (χ4n) is 2.46. The zero-order valence-corrected chi connectivity index (χ0v) is 13.2. The van der Waals surface area contributed by atoms with E-state index < -0.39 is 0 Å². The number of hydrogen-bond donors (Lipinski definition) is 2. The van der Waals surface area contributed by atoms with Crippen molar-refractivity contribution in [1.82, 2.24) is 15.2 Å². The van der Waals surface area contributed by atoms with Gasteiger partial charge in [0.2, 0.25) is 0 Å². The van der Waals surface area contributed by atoms with E-state index in [9.17, 15) is 0 Å². The Labute approximate surface area is 128 Å². The molecule has 0 aliphatic heterocycles. The van der Waals surface area contributed by atoms with E-state index in [0.29, 0.717) is 0 Å². The van der Waals surface area contributed by atoms with Crippen molar-refractivity contribution in [2.75, 3.05) is 5.32 Å². The summed E-state index contributed by atoms with van der Waals surface area (Å²) in [5, 5.41) is 11.7. The highest BCUT2D eigenvalue weighted by Crippen LogP contribution is 2.28. The molecule has 0 radical (unpaired) electrons. The third-order valence-corrected chi connectivity index (χ3v) is 4.65. The van der Waals surface area contributed by atoms with Crippen molar-refractivity contribution in [1.29, 1.82) is 0 Å². The minimum absolute atomic E-state index is 0.244. The second kappa shape index (κ2) is 5.69. The highest BCUT2D eigenvalue weighted by atomic mass is 32.1. The Hall–Kier alpha value is -2.14. The van der Waals surface area contributed by atoms with Crippen molar-refractivity contribution in [3.8, 4) is 11.3 Å². The topological polar surface area (TPSA) is 53.6 Å². The standard InChI is InChI=1S/C16H18N4S/c1-10-16(21-12(3)18-10)11(2)19-14-6-4-5-13(9-14)15-7-8-17-20-15/h4-9,11,19H,1-3H3,(H,17,20). The number of anilines is 1. The lowest BCUT2D eigenvalue weighted by Gasteiger charge is -2.15. The summed E-state index contributed by atoms with van der Waals surface area (Å²) in [6.07, 6.45) is 1.77. The molecule has 5 heteroatoms. The largest absolute Gasteiger partial charge is 0.378 e. The average molecular weight is 298 g/mol. The first-order valence-corrected chi connectivity index (χ1v) is 7.75. The van der Waals surface area contributed by atoms with Crippen molar-refractivity contribution in [3.05, 3.63) is 52.1 Å². The van der Waals surface area contributed by atoms with Gasteiger partial charge in [-0.1, -0.05) is 12.1 Å². The highest BCUT2D eigenvalue weighted by Gasteiger charge is 2.13. The summed E-state index contributed by atoms with van der Waals surface area (Å²) in [7, 11) is 0. The number of benzene rings is 1. The zero-order valence-electron chi connectivity index (χ0n) is 12.3. The summed E-state index contributed by atoms with van der Waals surface area (Å²) < 4.78 is 0. The van der Waals surface area contributed by atoms with E-state index in [0.717, 1.165) is 27.6 Å². The molecule has 108 valence electrons. The minimum Gasteiger partial charge on any atom is -0.378 e. The van der Waals surface area contributed by atoms with Gasteiger partial charge in [0.15, 0.2) is 0 Å². The van der Waals surface area contributed by atoms with Gasteiger partial charge in [-0.15, -0.1) is 11.3 Å². The van der Waals surface area contributed by atoms with Crippen LogP contribution in [0.15, 0.2) is 36.5 Å². The van der Waals surface area contributed by atoms with Crippen LogP contribution in [0.3, 0.4) is 0 Å². The van der Waals surface area contributed by atoms with E-state index in [-0.39, 0.29) is 6.04 Å². The van der Waals surface area contributed by atoms with E-state index >= 15 is 0 Å². The number of thiazole rings is 1. The number of nitrogens with one attached hydrogen (secondary N) is 2. The first-order chi connectivity index (χ1) is 10.1. The number of rotatable bonds is 4. The Kier molecular flexibility index (Phi) is 3.75. The molecule has 2 heterocycles. The number of aromatic amines is 1. The predicted octanol–water partition coefficient (Wildman–Crippen LogP) is 4.32. The van der Waals surface area contributed by atoms with Gasteiger partial charge in [-0.2, -0.15) is 5.10 Å². The van der Waals surface area contributed by atoms with Crippen molar-refractivity contribution in [2.45, 2.75) is 26.8 Å². The Morgan fingerprint density at radius 2 is 2.10 bits per heavy atom. The molecule has 4 nitrogen and oxygen atoms in total. The van der Waals surface area contributed by atoms with Crippen molar-refractivity contribution < 1.29 is 0 Å². The maximum absolute atomic E-state index is 4.50. The lowest BCUT2D eigenvalue weighted by molar-refractivity contribution is 0.890. The summed E-state index contributed by atoms with van der Waals surface area (Å²) in [4.78, 5) is 5.79. The molecule has 0 amide bonds. The molecule has 2 N–H and O–H groups in total. The van der Waals surface area contributed by atoms with Crippen LogP contribution in [0.4, 0.5) is 5.69 Å². The maximum atomic E-state index is 4.50. The van der Waals surface area contributed by atoms with Crippen LogP contribution in [0, 0.1) is 13.8 Å². The van der Waals surface area contributed by atoms with Crippen LogP contribution in [-0.4, -0.2) is 15.2 Å². The molecular weight excluding hydrogens is 280 g/mol. The maximum Gasteiger partial charge on any atom is 0.0900 e. The van der Waals surface area contributed by atoms with Gasteiger partial charge in [-0.3, -0.25) is 5.10 Å². The van der Waals surface area contributed by atoms with Crippen molar-refractivity contribution >= 4 is 17.0 Å². The number of aryl methyl sites for hydroxylation is 2. The Bertz CT molecular complexity index is 731. The fraction of sp³-hybridized carbons (Fsp3) is 0.250. The molecule has 0 fully saturated rings. The van der Waals surface area contributed by atoms with E-state index in [1.807, 2.05) is 13.0 Å². The van der Waals surface area contributed by atoms with Gasteiger partial charge >= 0.3 is 0 Å². The second-order valence-electron chi connectivity index (χ2n) is 5.10. The Morgan fingerprint density at radius 1 is 1.24 bits per heavy atom. The smallest absolute Gasteiger partial charge is 0.0900 e. The first kappa shape index (κ1) is 13.8. The molecule has 3 aromatic rings. The molecule has 0 bridgehead atoms. The third-order valence-electron chi connectivity index (χ3n) is 3.39. The van der Waals surface area contributed by atoms with Gasteiger partial charge in [0, 0.05) is 22.3 Å². The molecule has 0 aliphatic carbocycles. The number of aromatic nitrogens is 3. The molecule has 0 saturated carbocycles. The fourth-order valence-corrected chi connectivity index (χ4v) is 3.39. The molecule has 2 aromatic heterocycles. The van der Waals surface area contributed by atoms with Gasteiger partial charge in [-0.25, -0.2) is 4.98 Å². The molecular formula is C16H18N4S. The van der Waals surface area contributed by atoms with E-state index in [2.05, 4.69) is 58.6 Å². The van der Waals surface area contributed by atoms with Gasteiger partial charge in [-0.05, 0) is 39.0 Å². The lowest BCUT2D eigenvalue weighted by atomic mass is 10.1. The number of H-pyrrole nitrogens is 1. The molecule has 1 atom stereocenters. The summed E-state index contributed by atoms with van der Waals surface area (Å²) >= 11 is 1.75. The molecule has 0 spiro atoms. The summed E-state index contributed by atoms with van der Waals surface area (Å²) in [5.41, 5.74) is 4.36. The SMILES string of the molecule is Cc1nc(C)c(C(C)Nc2cccc(-c3ccn[nH]3)c2)s1. The van der Waals surface area contributed by atoms with E-state index in [4.69, 9.17) is 0 Å². The van der Waals surface area contributed by atoms with Gasteiger partial charge in [0.05, 0.1) is 22.4 Å². The average Bonchev–Trinajstić information content (AvgIpc) is 3.08.